The molecule has 0 saturated carbocycles. The third-order valence-electron chi connectivity index (χ3n) is 2.86. The molecule has 1 aliphatic rings. The summed E-state index contributed by atoms with van der Waals surface area (Å²) in [5.41, 5.74) is 0. The molecule has 1 aromatic heterocycles. The molecular formula is C11H17N5O. The lowest BCUT2D eigenvalue weighted by molar-refractivity contribution is -0.132. The van der Waals surface area contributed by atoms with Crippen LogP contribution in [-0.4, -0.2) is 47.5 Å². The Kier molecular flexibility index (Phi) is 3.41. The fraction of sp³-hybridized carbons (Fsp3) is 0.545. The molecule has 0 aliphatic carbocycles. The molecule has 1 saturated heterocycles. The van der Waals surface area contributed by atoms with E-state index in [9.17, 15) is 4.79 Å². The minimum absolute atomic E-state index is 0.210. The van der Waals surface area contributed by atoms with Gasteiger partial charge in [-0.2, -0.15) is 4.98 Å². The van der Waals surface area contributed by atoms with Crippen molar-refractivity contribution in [3.8, 4) is 0 Å². The van der Waals surface area contributed by atoms with E-state index in [1.807, 2.05) is 13.1 Å². The van der Waals surface area contributed by atoms with Gasteiger partial charge in [0.05, 0.1) is 0 Å². The van der Waals surface area contributed by atoms with Gasteiger partial charge in [0.1, 0.15) is 5.82 Å². The molecule has 1 atom stereocenters. The van der Waals surface area contributed by atoms with Crippen molar-refractivity contribution in [3.63, 3.8) is 0 Å². The maximum atomic E-state index is 11.4. The Balaban J connectivity index is 1.98. The highest BCUT2D eigenvalue weighted by atomic mass is 16.2. The summed E-state index contributed by atoms with van der Waals surface area (Å²) in [7, 11) is 3.61. The van der Waals surface area contributed by atoms with Crippen LogP contribution in [0.25, 0.3) is 0 Å². The van der Waals surface area contributed by atoms with Gasteiger partial charge in [0, 0.05) is 39.3 Å². The predicted octanol–water partition coefficient (Wildman–Crippen LogP) is 0.551. The first-order chi connectivity index (χ1) is 8.19. The fourth-order valence-corrected chi connectivity index (χ4v) is 1.90. The predicted molar refractivity (Wildman–Crippen MR) is 65.9 cm³/mol. The fourth-order valence-electron chi connectivity index (χ4n) is 1.90. The van der Waals surface area contributed by atoms with Gasteiger partial charge in [-0.3, -0.25) is 4.79 Å². The standard InChI is InChI=1S/C11H17N5O/c1-12-11-13-6-5-9(15-11)14-8-3-4-10(17)16(2)7-8/h5-6,8H,3-4,7H2,1-2H3,(H2,12,13,14,15). The van der Waals surface area contributed by atoms with Crippen LogP contribution >= 0.6 is 0 Å². The number of hydrogen-bond acceptors (Lipinski definition) is 5. The second-order valence-electron chi connectivity index (χ2n) is 4.17. The lowest BCUT2D eigenvalue weighted by Crippen LogP contribution is -2.43. The second kappa shape index (κ2) is 4.99. The van der Waals surface area contributed by atoms with Gasteiger partial charge in [-0.05, 0) is 12.5 Å². The van der Waals surface area contributed by atoms with Crippen LogP contribution in [0, 0.1) is 0 Å². The van der Waals surface area contributed by atoms with E-state index in [0.717, 1.165) is 18.8 Å². The summed E-state index contributed by atoms with van der Waals surface area (Å²) in [6, 6.07) is 2.09. The Bertz CT molecular complexity index is 409. The maximum absolute atomic E-state index is 11.4. The van der Waals surface area contributed by atoms with Crippen LogP contribution in [0.2, 0.25) is 0 Å². The maximum Gasteiger partial charge on any atom is 0.224 e. The highest BCUT2D eigenvalue weighted by Gasteiger charge is 2.22. The molecule has 0 bridgehead atoms. The molecular weight excluding hydrogens is 218 g/mol. The summed E-state index contributed by atoms with van der Waals surface area (Å²) in [5, 5.41) is 6.22. The molecule has 6 heteroatoms. The van der Waals surface area contributed by atoms with Gasteiger partial charge < -0.3 is 15.5 Å². The first kappa shape index (κ1) is 11.6. The number of likely N-dealkylation sites (N-methyl/N-ethyl adjacent to an activating group) is 1. The zero-order valence-electron chi connectivity index (χ0n) is 10.1. The highest BCUT2D eigenvalue weighted by Crippen LogP contribution is 2.14. The number of anilines is 2. The van der Waals surface area contributed by atoms with Gasteiger partial charge in [-0.25, -0.2) is 4.98 Å². The van der Waals surface area contributed by atoms with Gasteiger partial charge in [-0.1, -0.05) is 0 Å². The average molecular weight is 235 g/mol. The second-order valence-corrected chi connectivity index (χ2v) is 4.17. The highest BCUT2D eigenvalue weighted by molar-refractivity contribution is 5.77. The molecule has 2 rings (SSSR count). The van der Waals surface area contributed by atoms with Crippen LogP contribution < -0.4 is 10.6 Å². The van der Waals surface area contributed by atoms with Crippen molar-refractivity contribution in [1.82, 2.24) is 14.9 Å². The van der Waals surface area contributed by atoms with E-state index < -0.39 is 0 Å². The van der Waals surface area contributed by atoms with E-state index in [2.05, 4.69) is 20.6 Å². The number of hydrogen-bond donors (Lipinski definition) is 2. The number of aromatic nitrogens is 2. The molecule has 92 valence electrons. The monoisotopic (exact) mass is 235 g/mol. The minimum atomic E-state index is 0.210. The number of piperidine rings is 1. The lowest BCUT2D eigenvalue weighted by atomic mass is 10.1. The Morgan fingerprint density at radius 1 is 1.53 bits per heavy atom. The van der Waals surface area contributed by atoms with Crippen LogP contribution in [0.3, 0.4) is 0 Å². The van der Waals surface area contributed by atoms with Crippen molar-refractivity contribution < 1.29 is 4.79 Å². The third kappa shape index (κ3) is 2.83. The van der Waals surface area contributed by atoms with Crippen LogP contribution in [-0.2, 0) is 4.79 Å². The molecule has 1 fully saturated rings. The SMILES string of the molecule is CNc1nccc(NC2CCC(=O)N(C)C2)n1. The van der Waals surface area contributed by atoms with Gasteiger partial charge in [-0.15, -0.1) is 0 Å². The van der Waals surface area contributed by atoms with Crippen LogP contribution in [0.5, 0.6) is 0 Å². The van der Waals surface area contributed by atoms with Crippen molar-refractivity contribution in [3.05, 3.63) is 12.3 Å². The number of likely N-dealkylation sites (tertiary alicyclic amines) is 1. The summed E-state index contributed by atoms with van der Waals surface area (Å²) in [6.45, 7) is 0.720. The largest absolute Gasteiger partial charge is 0.365 e. The smallest absolute Gasteiger partial charge is 0.224 e. The molecule has 0 radical (unpaired) electrons. The first-order valence-corrected chi connectivity index (χ1v) is 5.70. The third-order valence-corrected chi connectivity index (χ3v) is 2.86. The van der Waals surface area contributed by atoms with E-state index in [1.54, 1.807) is 18.1 Å². The molecule has 17 heavy (non-hydrogen) atoms. The van der Waals surface area contributed by atoms with E-state index in [0.29, 0.717) is 12.4 Å². The van der Waals surface area contributed by atoms with Crippen molar-refractivity contribution >= 4 is 17.7 Å². The first-order valence-electron chi connectivity index (χ1n) is 5.70. The van der Waals surface area contributed by atoms with Crippen LogP contribution in [0.1, 0.15) is 12.8 Å². The minimum Gasteiger partial charge on any atom is -0.365 e. The van der Waals surface area contributed by atoms with Crippen molar-refractivity contribution in [2.45, 2.75) is 18.9 Å². The average Bonchev–Trinajstić information content (AvgIpc) is 2.34. The summed E-state index contributed by atoms with van der Waals surface area (Å²) in [4.78, 5) is 21.5. The van der Waals surface area contributed by atoms with Crippen molar-refractivity contribution in [2.75, 3.05) is 31.3 Å². The molecule has 2 heterocycles. The Morgan fingerprint density at radius 2 is 2.35 bits per heavy atom. The number of carbonyl (C=O) groups is 1. The normalized spacial score (nSPS) is 20.2. The summed E-state index contributed by atoms with van der Waals surface area (Å²) in [6.07, 6.45) is 3.15. The zero-order valence-corrected chi connectivity index (χ0v) is 10.1. The quantitative estimate of drug-likeness (QED) is 0.800. The molecule has 1 aliphatic heterocycles. The van der Waals surface area contributed by atoms with Gasteiger partial charge in [0.2, 0.25) is 11.9 Å². The van der Waals surface area contributed by atoms with Gasteiger partial charge >= 0.3 is 0 Å². The van der Waals surface area contributed by atoms with Crippen LogP contribution in [0.15, 0.2) is 12.3 Å². The summed E-state index contributed by atoms with van der Waals surface area (Å²) >= 11 is 0. The molecule has 1 unspecified atom stereocenters. The molecule has 6 nitrogen and oxygen atoms in total. The number of rotatable bonds is 3. The molecule has 0 spiro atoms. The van der Waals surface area contributed by atoms with Crippen molar-refractivity contribution in [1.29, 1.82) is 0 Å². The number of amides is 1. The Hall–Kier alpha value is -1.85. The van der Waals surface area contributed by atoms with E-state index in [-0.39, 0.29) is 11.9 Å². The van der Waals surface area contributed by atoms with Gasteiger partial charge in [0.25, 0.3) is 0 Å². The Morgan fingerprint density at radius 3 is 3.06 bits per heavy atom. The molecule has 2 N–H and O–H groups in total. The lowest BCUT2D eigenvalue weighted by Gasteiger charge is -2.30. The zero-order chi connectivity index (χ0) is 12.3. The summed E-state index contributed by atoms with van der Waals surface area (Å²) < 4.78 is 0. The molecule has 1 aromatic rings. The summed E-state index contributed by atoms with van der Waals surface area (Å²) in [5.74, 6) is 1.59. The van der Waals surface area contributed by atoms with Crippen LogP contribution in [0.4, 0.5) is 11.8 Å². The number of nitrogens with zero attached hydrogens (tertiary/aromatic N) is 3. The molecule has 1 amide bonds. The van der Waals surface area contributed by atoms with E-state index in [4.69, 9.17) is 0 Å². The van der Waals surface area contributed by atoms with Crippen molar-refractivity contribution in [2.24, 2.45) is 0 Å². The topological polar surface area (TPSA) is 70.2 Å². The number of nitrogens with one attached hydrogen (secondary N) is 2. The molecule has 0 aromatic carbocycles. The van der Waals surface area contributed by atoms with Gasteiger partial charge in [0.15, 0.2) is 0 Å². The van der Waals surface area contributed by atoms with E-state index >= 15 is 0 Å². The Labute approximate surface area is 100 Å². The number of carbonyl (C=O) groups excluding carboxylic acids is 1. The van der Waals surface area contributed by atoms with E-state index in [1.165, 1.54) is 0 Å².